The summed E-state index contributed by atoms with van der Waals surface area (Å²) in [6.45, 7) is 1.39. The Labute approximate surface area is 172 Å². The summed E-state index contributed by atoms with van der Waals surface area (Å²) < 4.78 is 31.9. The molecule has 0 aromatic heterocycles. The number of benzene rings is 1. The lowest BCUT2D eigenvalue weighted by Gasteiger charge is -2.30. The first-order valence-electron chi connectivity index (χ1n) is 9.68. The molecule has 0 saturated heterocycles. The Balaban J connectivity index is 1.92. The van der Waals surface area contributed by atoms with Crippen molar-refractivity contribution in [2.45, 2.75) is 50.0 Å². The van der Waals surface area contributed by atoms with Crippen LogP contribution in [0.4, 0.5) is 5.69 Å². The number of amides is 1. The van der Waals surface area contributed by atoms with Crippen molar-refractivity contribution in [3.05, 3.63) is 48.6 Å². The fourth-order valence-corrected chi connectivity index (χ4v) is 4.56. The largest absolute Gasteiger partial charge is 0.452 e. The van der Waals surface area contributed by atoms with Gasteiger partial charge in [-0.1, -0.05) is 37.5 Å². The topological polar surface area (TPSA) is 92.8 Å². The van der Waals surface area contributed by atoms with E-state index in [1.165, 1.54) is 40.7 Å². The number of hydrogen-bond donors (Lipinski definition) is 1. The van der Waals surface area contributed by atoms with Crippen LogP contribution >= 0.6 is 0 Å². The average Bonchev–Trinajstić information content (AvgIpc) is 2.73. The van der Waals surface area contributed by atoms with Crippen LogP contribution in [-0.4, -0.2) is 44.3 Å². The summed E-state index contributed by atoms with van der Waals surface area (Å²) >= 11 is 0. The van der Waals surface area contributed by atoms with Gasteiger partial charge in [-0.3, -0.25) is 4.79 Å². The molecule has 158 valence electrons. The van der Waals surface area contributed by atoms with Crippen LogP contribution in [0.5, 0.6) is 0 Å². The number of carbonyl (C=O) groups excluding carboxylic acids is 2. The fourth-order valence-electron chi connectivity index (χ4n) is 3.14. The molecule has 1 amide bonds. The molecule has 0 radical (unpaired) electrons. The van der Waals surface area contributed by atoms with E-state index in [9.17, 15) is 18.0 Å². The number of nitrogens with one attached hydrogen (secondary N) is 1. The monoisotopic (exact) mass is 420 g/mol. The highest BCUT2D eigenvalue weighted by Gasteiger charge is 2.28. The van der Waals surface area contributed by atoms with Crippen LogP contribution in [0.2, 0.25) is 0 Å². The van der Waals surface area contributed by atoms with Crippen LogP contribution in [0.1, 0.15) is 39.0 Å². The molecule has 0 bridgehead atoms. The molecule has 1 N–H and O–H groups in total. The van der Waals surface area contributed by atoms with Crippen molar-refractivity contribution >= 4 is 27.6 Å². The SMILES string of the molecule is C/C=C/C=C/C(=O)OCC(=O)Nc1ccc(S(=O)(=O)N(C)C2CCCCC2)cc1. The minimum Gasteiger partial charge on any atom is -0.452 e. The normalized spacial score (nSPS) is 15.8. The van der Waals surface area contributed by atoms with Crippen LogP contribution in [-0.2, 0) is 24.3 Å². The van der Waals surface area contributed by atoms with Gasteiger partial charge in [0, 0.05) is 24.9 Å². The molecule has 0 spiro atoms. The molecule has 1 aromatic carbocycles. The lowest BCUT2D eigenvalue weighted by molar-refractivity contribution is -0.142. The van der Waals surface area contributed by atoms with E-state index in [-0.39, 0.29) is 10.9 Å². The van der Waals surface area contributed by atoms with E-state index < -0.39 is 28.5 Å². The van der Waals surface area contributed by atoms with Crippen LogP contribution < -0.4 is 5.32 Å². The van der Waals surface area contributed by atoms with E-state index in [0.29, 0.717) is 5.69 Å². The van der Waals surface area contributed by atoms with Crippen LogP contribution in [0.3, 0.4) is 0 Å². The van der Waals surface area contributed by atoms with Crippen molar-refractivity contribution in [3.8, 4) is 0 Å². The van der Waals surface area contributed by atoms with E-state index >= 15 is 0 Å². The van der Waals surface area contributed by atoms with Crippen molar-refractivity contribution in [2.75, 3.05) is 19.0 Å². The first-order valence-corrected chi connectivity index (χ1v) is 11.1. The molecule has 0 aliphatic heterocycles. The predicted molar refractivity (Wildman–Crippen MR) is 112 cm³/mol. The standard InChI is InChI=1S/C21H28N2O5S/c1-3-4-6-11-21(25)28-16-20(24)22-17-12-14-19(15-13-17)29(26,27)23(2)18-9-7-5-8-10-18/h3-4,6,11-15,18H,5,7-10,16H2,1-2H3,(H,22,24)/b4-3+,11-6+. The Morgan fingerprint density at radius 2 is 1.79 bits per heavy atom. The first-order chi connectivity index (χ1) is 13.8. The van der Waals surface area contributed by atoms with Gasteiger partial charge in [-0.25, -0.2) is 13.2 Å². The molecule has 1 aliphatic carbocycles. The molecule has 0 unspecified atom stereocenters. The highest BCUT2D eigenvalue weighted by atomic mass is 32.2. The van der Waals surface area contributed by atoms with Gasteiger partial charge in [-0.15, -0.1) is 0 Å². The molecule has 1 saturated carbocycles. The third kappa shape index (κ3) is 6.83. The van der Waals surface area contributed by atoms with Crippen molar-refractivity contribution in [1.29, 1.82) is 0 Å². The highest BCUT2D eigenvalue weighted by molar-refractivity contribution is 7.89. The third-order valence-corrected chi connectivity index (χ3v) is 6.71. The summed E-state index contributed by atoms with van der Waals surface area (Å²) in [6, 6.07) is 6.01. The van der Waals surface area contributed by atoms with Crippen LogP contribution in [0, 0.1) is 0 Å². The summed E-state index contributed by atoms with van der Waals surface area (Å²) in [5.74, 6) is -1.13. The number of nitrogens with zero attached hydrogens (tertiary/aromatic N) is 1. The summed E-state index contributed by atoms with van der Waals surface area (Å²) in [7, 11) is -1.95. The highest BCUT2D eigenvalue weighted by Crippen LogP contribution is 2.26. The molecule has 2 rings (SSSR count). The maximum Gasteiger partial charge on any atom is 0.331 e. The van der Waals surface area contributed by atoms with Gasteiger partial charge in [0.05, 0.1) is 4.90 Å². The van der Waals surface area contributed by atoms with Gasteiger partial charge in [-0.2, -0.15) is 4.31 Å². The van der Waals surface area contributed by atoms with Crippen molar-refractivity contribution < 1.29 is 22.7 Å². The molecule has 7 nitrogen and oxygen atoms in total. The summed E-state index contributed by atoms with van der Waals surface area (Å²) in [6.07, 6.45) is 11.2. The summed E-state index contributed by atoms with van der Waals surface area (Å²) in [5.41, 5.74) is 0.426. The number of hydrogen-bond acceptors (Lipinski definition) is 5. The van der Waals surface area contributed by atoms with Gasteiger partial charge in [0.25, 0.3) is 5.91 Å². The van der Waals surface area contributed by atoms with Crippen molar-refractivity contribution in [1.82, 2.24) is 4.31 Å². The lowest BCUT2D eigenvalue weighted by atomic mass is 9.96. The number of ether oxygens (including phenoxy) is 1. The molecule has 1 fully saturated rings. The smallest absolute Gasteiger partial charge is 0.331 e. The van der Waals surface area contributed by atoms with Gasteiger partial charge in [0.15, 0.2) is 6.61 Å². The maximum atomic E-state index is 12.8. The van der Waals surface area contributed by atoms with E-state index in [4.69, 9.17) is 4.74 Å². The number of rotatable bonds is 8. The average molecular weight is 421 g/mol. The quantitative estimate of drug-likeness (QED) is 0.396. The van der Waals surface area contributed by atoms with Gasteiger partial charge in [-0.05, 0) is 44.0 Å². The lowest BCUT2D eigenvalue weighted by Crippen LogP contribution is -2.38. The molecule has 0 heterocycles. The number of esters is 1. The summed E-state index contributed by atoms with van der Waals surface area (Å²) in [4.78, 5) is 23.5. The zero-order chi connectivity index (χ0) is 21.3. The molecule has 1 aliphatic rings. The Hall–Kier alpha value is -2.45. The Bertz CT molecular complexity index is 854. The van der Waals surface area contributed by atoms with Gasteiger partial charge in [0.2, 0.25) is 10.0 Å². The second-order valence-electron chi connectivity index (χ2n) is 6.88. The van der Waals surface area contributed by atoms with Crippen LogP contribution in [0.15, 0.2) is 53.5 Å². The molecule has 8 heteroatoms. The van der Waals surface area contributed by atoms with E-state index in [0.717, 1.165) is 32.1 Å². The molecule has 29 heavy (non-hydrogen) atoms. The molecular formula is C21H28N2O5S. The molecular weight excluding hydrogens is 392 g/mol. The predicted octanol–water partition coefficient (Wildman–Crippen LogP) is 3.25. The van der Waals surface area contributed by atoms with Crippen LogP contribution in [0.25, 0.3) is 0 Å². The van der Waals surface area contributed by atoms with Crippen molar-refractivity contribution in [3.63, 3.8) is 0 Å². The minimum absolute atomic E-state index is 0.0321. The van der Waals surface area contributed by atoms with E-state index in [1.807, 2.05) is 6.92 Å². The first kappa shape index (κ1) is 22.8. The maximum absolute atomic E-state index is 12.8. The van der Waals surface area contributed by atoms with Gasteiger partial charge < -0.3 is 10.1 Å². The zero-order valence-electron chi connectivity index (χ0n) is 16.8. The van der Waals surface area contributed by atoms with Crippen molar-refractivity contribution in [2.24, 2.45) is 0 Å². The second kappa shape index (κ2) is 10.9. The minimum atomic E-state index is -3.58. The van der Waals surface area contributed by atoms with Gasteiger partial charge in [0.1, 0.15) is 0 Å². The number of sulfonamides is 1. The number of allylic oxidation sites excluding steroid dienone is 3. The number of anilines is 1. The van der Waals surface area contributed by atoms with E-state index in [1.54, 1.807) is 19.2 Å². The van der Waals surface area contributed by atoms with Gasteiger partial charge >= 0.3 is 5.97 Å². The summed E-state index contributed by atoms with van der Waals surface area (Å²) in [5, 5.41) is 2.57. The second-order valence-corrected chi connectivity index (χ2v) is 8.88. The zero-order valence-corrected chi connectivity index (χ0v) is 17.7. The third-order valence-electron chi connectivity index (χ3n) is 4.79. The molecule has 1 aromatic rings. The Morgan fingerprint density at radius 3 is 2.41 bits per heavy atom. The number of carbonyl (C=O) groups is 2. The molecule has 0 atom stereocenters. The Kier molecular flexibility index (Phi) is 8.60. The van der Waals surface area contributed by atoms with E-state index in [2.05, 4.69) is 5.32 Å². The Morgan fingerprint density at radius 1 is 1.14 bits per heavy atom. The fraction of sp³-hybridized carbons (Fsp3) is 0.429.